The van der Waals surface area contributed by atoms with E-state index in [2.05, 4.69) is 4.72 Å². The van der Waals surface area contributed by atoms with Gasteiger partial charge in [-0.15, -0.1) is 0 Å². The maximum absolute atomic E-state index is 12.6. The topological polar surface area (TPSA) is 55.4 Å². The predicted octanol–water partition coefficient (Wildman–Crippen LogP) is 1.53. The summed E-state index contributed by atoms with van der Waals surface area (Å²) in [4.78, 5) is 0.0651. The molecule has 0 radical (unpaired) electrons. The molecule has 0 saturated heterocycles. The van der Waals surface area contributed by atoms with Crippen LogP contribution in [-0.2, 0) is 14.8 Å². The number of halogens is 1. The quantitative estimate of drug-likeness (QED) is 0.757. The van der Waals surface area contributed by atoms with Crippen molar-refractivity contribution >= 4 is 10.0 Å². The van der Waals surface area contributed by atoms with Crippen molar-refractivity contribution in [2.75, 3.05) is 19.8 Å². The van der Waals surface area contributed by atoms with Crippen molar-refractivity contribution in [3.05, 3.63) is 30.1 Å². The molecule has 0 spiro atoms. The Hall–Kier alpha value is -0.980. The highest BCUT2D eigenvalue weighted by atomic mass is 32.2. The molecule has 17 heavy (non-hydrogen) atoms. The van der Waals surface area contributed by atoms with Crippen LogP contribution in [0.1, 0.15) is 13.3 Å². The molecule has 1 rings (SSSR count). The van der Waals surface area contributed by atoms with Crippen LogP contribution in [0, 0.1) is 5.82 Å². The molecule has 4 nitrogen and oxygen atoms in total. The van der Waals surface area contributed by atoms with Crippen LogP contribution in [0.15, 0.2) is 29.2 Å². The monoisotopic (exact) mass is 261 g/mol. The van der Waals surface area contributed by atoms with E-state index in [0.717, 1.165) is 12.1 Å². The summed E-state index contributed by atoms with van der Waals surface area (Å²) in [5.74, 6) is -0.458. The van der Waals surface area contributed by atoms with Crippen molar-refractivity contribution in [1.82, 2.24) is 4.72 Å². The third-order valence-corrected chi connectivity index (χ3v) is 3.56. The Kier molecular flexibility index (Phi) is 5.54. The smallest absolute Gasteiger partial charge is 0.240 e. The summed E-state index contributed by atoms with van der Waals surface area (Å²) in [6, 6.07) is 4.71. The first-order valence-electron chi connectivity index (χ1n) is 5.39. The molecule has 96 valence electrons. The Balaban J connectivity index is 2.48. The third-order valence-electron chi connectivity index (χ3n) is 2.09. The van der Waals surface area contributed by atoms with Crippen molar-refractivity contribution in [3.63, 3.8) is 0 Å². The fourth-order valence-corrected chi connectivity index (χ4v) is 2.30. The van der Waals surface area contributed by atoms with Gasteiger partial charge >= 0.3 is 0 Å². The van der Waals surface area contributed by atoms with E-state index in [0.29, 0.717) is 26.2 Å². The highest BCUT2D eigenvalue weighted by molar-refractivity contribution is 7.89. The molecule has 0 aliphatic heterocycles. The SMILES string of the molecule is CCOCCCNS(=O)(=O)c1ccc(F)cc1. The molecule has 0 fully saturated rings. The molecule has 0 aliphatic rings. The molecule has 1 N–H and O–H groups in total. The number of ether oxygens (including phenoxy) is 1. The lowest BCUT2D eigenvalue weighted by atomic mass is 10.4. The molecule has 1 aromatic rings. The Morgan fingerprint density at radius 1 is 1.29 bits per heavy atom. The molecular weight excluding hydrogens is 245 g/mol. The van der Waals surface area contributed by atoms with Crippen LogP contribution in [0.25, 0.3) is 0 Å². The van der Waals surface area contributed by atoms with E-state index in [1.54, 1.807) is 0 Å². The number of sulfonamides is 1. The average molecular weight is 261 g/mol. The molecule has 0 aliphatic carbocycles. The van der Waals surface area contributed by atoms with Crippen LogP contribution < -0.4 is 4.72 Å². The zero-order chi connectivity index (χ0) is 12.7. The van der Waals surface area contributed by atoms with Gasteiger partial charge in [0.2, 0.25) is 10.0 Å². The minimum absolute atomic E-state index is 0.0651. The fourth-order valence-electron chi connectivity index (χ4n) is 1.22. The van der Waals surface area contributed by atoms with Gasteiger partial charge in [-0.2, -0.15) is 0 Å². The van der Waals surface area contributed by atoms with E-state index in [1.165, 1.54) is 12.1 Å². The van der Waals surface area contributed by atoms with Crippen molar-refractivity contribution in [1.29, 1.82) is 0 Å². The first kappa shape index (κ1) is 14.1. The number of rotatable bonds is 7. The lowest BCUT2D eigenvalue weighted by molar-refractivity contribution is 0.146. The van der Waals surface area contributed by atoms with Gasteiger partial charge in [-0.3, -0.25) is 0 Å². The van der Waals surface area contributed by atoms with Crippen LogP contribution in [0.4, 0.5) is 4.39 Å². The number of nitrogens with one attached hydrogen (secondary N) is 1. The maximum Gasteiger partial charge on any atom is 0.240 e. The maximum atomic E-state index is 12.6. The van der Waals surface area contributed by atoms with Gasteiger partial charge in [-0.25, -0.2) is 17.5 Å². The molecule has 0 saturated carbocycles. The van der Waals surface area contributed by atoms with Gasteiger partial charge in [-0.05, 0) is 37.6 Å². The average Bonchev–Trinajstić information content (AvgIpc) is 2.29. The van der Waals surface area contributed by atoms with E-state index in [1.807, 2.05) is 6.92 Å². The third kappa shape index (κ3) is 4.80. The van der Waals surface area contributed by atoms with Crippen LogP contribution >= 0.6 is 0 Å². The lowest BCUT2D eigenvalue weighted by Gasteiger charge is -2.06. The largest absolute Gasteiger partial charge is 0.382 e. The van der Waals surface area contributed by atoms with Gasteiger partial charge in [0.25, 0.3) is 0 Å². The van der Waals surface area contributed by atoms with Gasteiger partial charge in [0.1, 0.15) is 5.82 Å². The summed E-state index contributed by atoms with van der Waals surface area (Å²) in [6.45, 7) is 3.32. The molecule has 0 unspecified atom stereocenters. The van der Waals surface area contributed by atoms with Gasteiger partial charge in [0.15, 0.2) is 0 Å². The van der Waals surface area contributed by atoms with Crippen LogP contribution in [0.3, 0.4) is 0 Å². The minimum atomic E-state index is -3.54. The zero-order valence-corrected chi connectivity index (χ0v) is 10.5. The first-order chi connectivity index (χ1) is 8.06. The van der Waals surface area contributed by atoms with E-state index in [9.17, 15) is 12.8 Å². The highest BCUT2D eigenvalue weighted by Crippen LogP contribution is 2.09. The molecule has 0 aromatic heterocycles. The van der Waals surface area contributed by atoms with Gasteiger partial charge in [0, 0.05) is 19.8 Å². The second kappa shape index (κ2) is 6.68. The van der Waals surface area contributed by atoms with Crippen molar-refractivity contribution in [2.24, 2.45) is 0 Å². The van der Waals surface area contributed by atoms with Crippen molar-refractivity contribution < 1.29 is 17.5 Å². The number of hydrogen-bond acceptors (Lipinski definition) is 3. The summed E-state index contributed by atoms with van der Waals surface area (Å²) in [5, 5.41) is 0. The Bertz CT molecular complexity index is 431. The standard InChI is InChI=1S/C11H16FNO3S/c1-2-16-9-3-8-13-17(14,15)11-6-4-10(12)5-7-11/h4-7,13H,2-3,8-9H2,1H3. The zero-order valence-electron chi connectivity index (χ0n) is 9.65. The molecule has 0 heterocycles. The number of benzene rings is 1. The molecule has 6 heteroatoms. The highest BCUT2D eigenvalue weighted by Gasteiger charge is 2.12. The Labute approximate surface area is 101 Å². The predicted molar refractivity (Wildman–Crippen MR) is 62.7 cm³/mol. The van der Waals surface area contributed by atoms with E-state index < -0.39 is 15.8 Å². The number of hydrogen-bond donors (Lipinski definition) is 1. The fraction of sp³-hybridized carbons (Fsp3) is 0.455. The Morgan fingerprint density at radius 2 is 1.94 bits per heavy atom. The summed E-state index contributed by atoms with van der Waals surface area (Å²) >= 11 is 0. The minimum Gasteiger partial charge on any atom is -0.382 e. The van der Waals surface area contributed by atoms with Crippen molar-refractivity contribution in [3.8, 4) is 0 Å². The van der Waals surface area contributed by atoms with Gasteiger partial charge < -0.3 is 4.74 Å². The molecule has 1 aromatic carbocycles. The van der Waals surface area contributed by atoms with Crippen LogP contribution in [0.5, 0.6) is 0 Å². The normalized spacial score (nSPS) is 11.6. The Morgan fingerprint density at radius 3 is 2.53 bits per heavy atom. The van der Waals surface area contributed by atoms with E-state index in [-0.39, 0.29) is 4.90 Å². The van der Waals surface area contributed by atoms with Crippen molar-refractivity contribution in [2.45, 2.75) is 18.2 Å². The van der Waals surface area contributed by atoms with Crippen LogP contribution in [0.2, 0.25) is 0 Å². The molecule has 0 bridgehead atoms. The second-order valence-corrected chi connectivity index (χ2v) is 5.17. The lowest BCUT2D eigenvalue weighted by Crippen LogP contribution is -2.25. The first-order valence-corrected chi connectivity index (χ1v) is 6.87. The summed E-state index contributed by atoms with van der Waals surface area (Å²) < 4.78 is 43.5. The van der Waals surface area contributed by atoms with Gasteiger partial charge in [0.05, 0.1) is 4.90 Å². The molecule has 0 atom stereocenters. The van der Waals surface area contributed by atoms with Crippen LogP contribution in [-0.4, -0.2) is 28.2 Å². The molecular formula is C11H16FNO3S. The van der Waals surface area contributed by atoms with E-state index >= 15 is 0 Å². The summed E-state index contributed by atoms with van der Waals surface area (Å²) in [5.41, 5.74) is 0. The molecule has 0 amide bonds. The summed E-state index contributed by atoms with van der Waals surface area (Å²) in [6.07, 6.45) is 0.605. The van der Waals surface area contributed by atoms with E-state index in [4.69, 9.17) is 4.74 Å². The second-order valence-electron chi connectivity index (χ2n) is 3.40. The summed E-state index contributed by atoms with van der Waals surface area (Å²) in [7, 11) is -3.54. The van der Waals surface area contributed by atoms with Gasteiger partial charge in [-0.1, -0.05) is 0 Å².